The van der Waals surface area contributed by atoms with Crippen LogP contribution in [0, 0.1) is 0 Å². The van der Waals surface area contributed by atoms with Gasteiger partial charge in [0.05, 0.1) is 0 Å². The van der Waals surface area contributed by atoms with Crippen LogP contribution < -0.4 is 0 Å². The van der Waals surface area contributed by atoms with Crippen LogP contribution in [-0.4, -0.2) is 17.0 Å². The number of carbonyl (C=O) groups excluding carboxylic acids is 1. The molecule has 58 valence electrons. The fourth-order valence-corrected chi connectivity index (χ4v) is 0.955. The summed E-state index contributed by atoms with van der Waals surface area (Å²) in [6.45, 7) is 0. The van der Waals surface area contributed by atoms with E-state index >= 15 is 0 Å². The summed E-state index contributed by atoms with van der Waals surface area (Å²) in [7, 11) is 0. The molecule has 0 aliphatic heterocycles. The first-order chi connectivity index (χ1) is 5.27. The summed E-state index contributed by atoms with van der Waals surface area (Å²) in [6.07, 6.45) is 11.1. The lowest BCUT2D eigenvalue weighted by Gasteiger charge is -2.19. The third kappa shape index (κ3) is 2.16. The maximum absolute atomic E-state index is 9.95. The van der Waals surface area contributed by atoms with Crippen molar-refractivity contribution in [1.29, 1.82) is 0 Å². The predicted octanol–water partition coefficient (Wildman–Crippen LogP) is 0.989. The summed E-state index contributed by atoms with van der Waals surface area (Å²) in [5.74, 6) is 0. The first kappa shape index (κ1) is 7.95. The Bertz CT molecular complexity index is 226. The van der Waals surface area contributed by atoms with Gasteiger partial charge < -0.3 is 5.11 Å². The molecule has 0 aromatic heterocycles. The summed E-state index contributed by atoms with van der Waals surface area (Å²) < 4.78 is 0. The van der Waals surface area contributed by atoms with Crippen molar-refractivity contribution in [3.05, 3.63) is 36.5 Å². The highest BCUT2D eigenvalue weighted by Crippen LogP contribution is 2.18. The van der Waals surface area contributed by atoms with E-state index in [9.17, 15) is 9.90 Å². The van der Waals surface area contributed by atoms with Crippen LogP contribution in [0.15, 0.2) is 36.5 Å². The lowest BCUT2D eigenvalue weighted by atomic mass is 9.95. The molecule has 1 rings (SSSR count). The van der Waals surface area contributed by atoms with Crippen LogP contribution in [0.5, 0.6) is 0 Å². The Kier molecular flexibility index (Phi) is 2.39. The van der Waals surface area contributed by atoms with E-state index in [1.54, 1.807) is 12.2 Å². The third-order valence-electron chi connectivity index (χ3n) is 1.54. The van der Waals surface area contributed by atoms with Gasteiger partial charge >= 0.3 is 0 Å². The Balaban J connectivity index is 2.67. The van der Waals surface area contributed by atoms with E-state index in [1.807, 2.05) is 12.2 Å². The van der Waals surface area contributed by atoms with Crippen molar-refractivity contribution in [3.8, 4) is 0 Å². The first-order valence-corrected chi connectivity index (χ1v) is 3.47. The van der Waals surface area contributed by atoms with Crippen molar-refractivity contribution in [2.75, 3.05) is 0 Å². The number of rotatable bonds is 2. The molecule has 0 radical (unpaired) electrons. The molecule has 1 unspecified atom stereocenters. The molecule has 11 heavy (non-hydrogen) atoms. The van der Waals surface area contributed by atoms with Crippen molar-refractivity contribution in [1.82, 2.24) is 0 Å². The van der Waals surface area contributed by atoms with Crippen molar-refractivity contribution in [2.45, 2.75) is 12.0 Å². The van der Waals surface area contributed by atoms with Crippen LogP contribution in [0.1, 0.15) is 6.42 Å². The standard InChI is InChI=1S/C9H10O2/c10-8-4-7-9(11)5-2-1-3-6-9/h1-5,7-8,11H,6H2. The Labute approximate surface area is 65.5 Å². The zero-order valence-corrected chi connectivity index (χ0v) is 6.10. The second kappa shape index (κ2) is 3.30. The van der Waals surface area contributed by atoms with Gasteiger partial charge in [-0.05, 0) is 18.2 Å². The molecular formula is C9H10O2. The minimum atomic E-state index is -0.949. The van der Waals surface area contributed by atoms with Gasteiger partial charge in [-0.1, -0.05) is 18.2 Å². The fourth-order valence-electron chi connectivity index (χ4n) is 0.955. The average Bonchev–Trinajstić information content (AvgIpc) is 2.03. The maximum Gasteiger partial charge on any atom is 0.142 e. The molecule has 0 heterocycles. The number of aliphatic hydroxyl groups is 1. The molecule has 0 aromatic rings. The molecule has 1 atom stereocenters. The summed E-state index contributed by atoms with van der Waals surface area (Å²) in [6, 6.07) is 0. The second-order valence-corrected chi connectivity index (χ2v) is 2.48. The van der Waals surface area contributed by atoms with E-state index < -0.39 is 5.60 Å². The molecule has 1 aliphatic carbocycles. The molecule has 0 fully saturated rings. The molecule has 1 N–H and O–H groups in total. The van der Waals surface area contributed by atoms with Gasteiger partial charge in [-0.2, -0.15) is 0 Å². The van der Waals surface area contributed by atoms with Crippen molar-refractivity contribution in [3.63, 3.8) is 0 Å². The van der Waals surface area contributed by atoms with E-state index in [0.717, 1.165) is 0 Å². The van der Waals surface area contributed by atoms with Crippen LogP contribution in [0.4, 0.5) is 0 Å². The Morgan fingerprint density at radius 1 is 1.45 bits per heavy atom. The van der Waals surface area contributed by atoms with Crippen LogP contribution in [0.25, 0.3) is 0 Å². The van der Waals surface area contributed by atoms with E-state index in [0.29, 0.717) is 12.7 Å². The lowest BCUT2D eigenvalue weighted by Crippen LogP contribution is -2.22. The van der Waals surface area contributed by atoms with E-state index in [-0.39, 0.29) is 0 Å². The Morgan fingerprint density at radius 3 is 2.82 bits per heavy atom. The van der Waals surface area contributed by atoms with Gasteiger partial charge in [0.1, 0.15) is 11.9 Å². The van der Waals surface area contributed by atoms with Gasteiger partial charge in [-0.15, -0.1) is 0 Å². The van der Waals surface area contributed by atoms with Gasteiger partial charge in [0.25, 0.3) is 0 Å². The highest BCUT2D eigenvalue weighted by molar-refractivity contribution is 5.65. The molecule has 0 saturated heterocycles. The molecule has 0 saturated carbocycles. The van der Waals surface area contributed by atoms with Crippen LogP contribution in [0.3, 0.4) is 0 Å². The zero-order valence-electron chi connectivity index (χ0n) is 6.10. The highest BCUT2D eigenvalue weighted by atomic mass is 16.3. The number of hydrogen-bond acceptors (Lipinski definition) is 2. The van der Waals surface area contributed by atoms with Crippen molar-refractivity contribution < 1.29 is 9.90 Å². The number of hydrogen-bond donors (Lipinski definition) is 1. The molecule has 0 aromatic carbocycles. The largest absolute Gasteiger partial charge is 0.381 e. The van der Waals surface area contributed by atoms with E-state index in [1.165, 1.54) is 12.2 Å². The molecule has 2 heteroatoms. The number of carbonyl (C=O) groups is 1. The van der Waals surface area contributed by atoms with Gasteiger partial charge in [-0.3, -0.25) is 4.79 Å². The third-order valence-corrected chi connectivity index (χ3v) is 1.54. The molecule has 2 nitrogen and oxygen atoms in total. The van der Waals surface area contributed by atoms with Gasteiger partial charge in [0, 0.05) is 6.42 Å². The lowest BCUT2D eigenvalue weighted by molar-refractivity contribution is -0.104. The molecule has 1 aliphatic rings. The average molecular weight is 150 g/mol. The van der Waals surface area contributed by atoms with Crippen LogP contribution in [0.2, 0.25) is 0 Å². The topological polar surface area (TPSA) is 37.3 Å². The fraction of sp³-hybridized carbons (Fsp3) is 0.222. The highest BCUT2D eigenvalue weighted by Gasteiger charge is 2.18. The smallest absolute Gasteiger partial charge is 0.142 e. The number of aldehydes is 1. The molecule has 0 bridgehead atoms. The quantitative estimate of drug-likeness (QED) is 0.470. The first-order valence-electron chi connectivity index (χ1n) is 3.47. The summed E-state index contributed by atoms with van der Waals surface area (Å²) in [5.41, 5.74) is -0.949. The van der Waals surface area contributed by atoms with Gasteiger partial charge in [-0.25, -0.2) is 0 Å². The maximum atomic E-state index is 9.95. The monoisotopic (exact) mass is 150 g/mol. The Hall–Kier alpha value is -1.15. The number of allylic oxidation sites excluding steroid dienone is 3. The summed E-state index contributed by atoms with van der Waals surface area (Å²) in [4.78, 5) is 9.95. The van der Waals surface area contributed by atoms with E-state index in [2.05, 4.69) is 0 Å². The Morgan fingerprint density at radius 2 is 2.27 bits per heavy atom. The minimum absolute atomic E-state index is 0.536. The van der Waals surface area contributed by atoms with Crippen molar-refractivity contribution >= 4 is 6.29 Å². The summed E-state index contributed by atoms with van der Waals surface area (Å²) in [5, 5.41) is 9.62. The molecular weight excluding hydrogens is 140 g/mol. The predicted molar refractivity (Wildman–Crippen MR) is 43.1 cm³/mol. The zero-order chi connectivity index (χ0) is 8.16. The van der Waals surface area contributed by atoms with Gasteiger partial charge in [0.2, 0.25) is 0 Å². The van der Waals surface area contributed by atoms with E-state index in [4.69, 9.17) is 0 Å². The molecule has 0 spiro atoms. The summed E-state index contributed by atoms with van der Waals surface area (Å²) >= 11 is 0. The minimum Gasteiger partial charge on any atom is -0.381 e. The van der Waals surface area contributed by atoms with Crippen LogP contribution >= 0.6 is 0 Å². The SMILES string of the molecule is O=CC=CC1(O)C=CC=CC1. The normalized spacial score (nSPS) is 29.5. The van der Waals surface area contributed by atoms with Crippen molar-refractivity contribution in [2.24, 2.45) is 0 Å². The van der Waals surface area contributed by atoms with Crippen LogP contribution in [-0.2, 0) is 4.79 Å². The van der Waals surface area contributed by atoms with Gasteiger partial charge in [0.15, 0.2) is 0 Å². The second-order valence-electron chi connectivity index (χ2n) is 2.48. The molecule has 0 amide bonds.